The van der Waals surface area contributed by atoms with Gasteiger partial charge in [-0.2, -0.15) is 0 Å². The Morgan fingerprint density at radius 2 is 2.23 bits per heavy atom. The van der Waals surface area contributed by atoms with Gasteiger partial charge in [0, 0.05) is 31.9 Å². The summed E-state index contributed by atoms with van der Waals surface area (Å²) in [6.07, 6.45) is 7.16. The van der Waals surface area contributed by atoms with Gasteiger partial charge in [-0.05, 0) is 32.0 Å². The van der Waals surface area contributed by atoms with Gasteiger partial charge < -0.3 is 15.1 Å². The van der Waals surface area contributed by atoms with Crippen molar-refractivity contribution in [3.8, 4) is 0 Å². The van der Waals surface area contributed by atoms with Crippen LogP contribution in [0.3, 0.4) is 0 Å². The fourth-order valence-corrected chi connectivity index (χ4v) is 3.94. The van der Waals surface area contributed by atoms with E-state index >= 15 is 0 Å². The summed E-state index contributed by atoms with van der Waals surface area (Å²) in [6, 6.07) is 0.283. The third kappa shape index (κ3) is 2.93. The molecule has 0 radical (unpaired) electrons. The molecular weight excluding hydrogens is 304 g/mol. The average Bonchev–Trinajstić information content (AvgIpc) is 2.53. The summed E-state index contributed by atoms with van der Waals surface area (Å²) >= 11 is 0. The fourth-order valence-electron chi connectivity index (χ4n) is 2.95. The lowest BCUT2D eigenvalue weighted by atomic mass is 10.0. The number of hydrogen-bond acceptors (Lipinski definition) is 5. The van der Waals surface area contributed by atoms with Gasteiger partial charge in [-0.1, -0.05) is 0 Å². The molecule has 8 heteroatoms. The lowest BCUT2D eigenvalue weighted by molar-refractivity contribution is -0.127. The number of amidine groups is 1. The Morgan fingerprint density at radius 3 is 3.00 bits per heavy atom. The van der Waals surface area contributed by atoms with Crippen molar-refractivity contribution in [2.45, 2.75) is 18.9 Å². The van der Waals surface area contributed by atoms with E-state index in [-0.39, 0.29) is 23.5 Å². The minimum atomic E-state index is -3.48. The minimum absolute atomic E-state index is 0.0200. The minimum Gasteiger partial charge on any atom is -0.337 e. The van der Waals surface area contributed by atoms with Crippen LogP contribution in [0.4, 0.5) is 0 Å². The fraction of sp³-hybridized carbons (Fsp3) is 0.571. The quantitative estimate of drug-likeness (QED) is 0.754. The van der Waals surface area contributed by atoms with Gasteiger partial charge >= 0.3 is 0 Å². The first kappa shape index (κ1) is 15.2. The molecule has 0 saturated carbocycles. The zero-order valence-electron chi connectivity index (χ0n) is 12.5. The number of piperidine rings is 1. The van der Waals surface area contributed by atoms with E-state index in [1.165, 1.54) is 0 Å². The Labute approximate surface area is 130 Å². The maximum absolute atomic E-state index is 12.8. The van der Waals surface area contributed by atoms with Gasteiger partial charge in [-0.3, -0.25) is 4.79 Å². The molecule has 1 saturated heterocycles. The number of likely N-dealkylation sites (tertiary alicyclic amines) is 1. The van der Waals surface area contributed by atoms with Crippen molar-refractivity contribution < 1.29 is 13.2 Å². The van der Waals surface area contributed by atoms with Crippen LogP contribution in [0.5, 0.6) is 0 Å². The predicted octanol–water partition coefficient (Wildman–Crippen LogP) is -0.306. The first-order valence-electron chi connectivity index (χ1n) is 7.45. The molecule has 3 heterocycles. The van der Waals surface area contributed by atoms with E-state index in [1.54, 1.807) is 28.2 Å². The number of sulfonamides is 1. The molecule has 3 aliphatic heterocycles. The number of fused-ring (bicyclic) bond motifs is 1. The summed E-state index contributed by atoms with van der Waals surface area (Å²) in [5.41, 5.74) is 0.363. The van der Waals surface area contributed by atoms with Crippen molar-refractivity contribution in [3.63, 3.8) is 0 Å². The Morgan fingerprint density at radius 1 is 1.41 bits per heavy atom. The molecule has 0 spiro atoms. The molecule has 0 aromatic heterocycles. The Hall–Kier alpha value is -1.67. The summed E-state index contributed by atoms with van der Waals surface area (Å²) in [4.78, 5) is 16.3. The highest BCUT2D eigenvalue weighted by molar-refractivity contribution is 7.90. The molecule has 0 aromatic carbocycles. The van der Waals surface area contributed by atoms with Gasteiger partial charge in [0.2, 0.25) is 0 Å². The second-order valence-electron chi connectivity index (χ2n) is 5.70. The van der Waals surface area contributed by atoms with Gasteiger partial charge in [-0.25, -0.2) is 8.42 Å². The van der Waals surface area contributed by atoms with Crippen LogP contribution in [-0.4, -0.2) is 68.4 Å². The van der Waals surface area contributed by atoms with E-state index in [1.807, 2.05) is 7.05 Å². The second-order valence-corrected chi connectivity index (χ2v) is 7.45. The highest BCUT2D eigenvalue weighted by Gasteiger charge is 2.33. The number of carbonyl (C=O) groups excluding carboxylic acids is 1. The molecule has 3 rings (SSSR count). The maximum atomic E-state index is 12.8. The molecule has 7 nitrogen and oxygen atoms in total. The first-order chi connectivity index (χ1) is 10.5. The number of allylic oxidation sites excluding steroid dienone is 2. The summed E-state index contributed by atoms with van der Waals surface area (Å²) in [6.45, 7) is 1.66. The van der Waals surface area contributed by atoms with Gasteiger partial charge in [0.15, 0.2) is 5.84 Å². The number of carbonyl (C=O) groups is 1. The van der Waals surface area contributed by atoms with Crippen LogP contribution in [0.15, 0.2) is 28.3 Å². The van der Waals surface area contributed by atoms with Crippen LogP contribution in [0.25, 0.3) is 0 Å². The number of likely N-dealkylation sites (N-methyl/N-ethyl adjacent to an activating group) is 1. The lowest BCUT2D eigenvalue weighted by Crippen LogP contribution is -2.49. The number of nitrogens with zero attached hydrogens (tertiary/aromatic N) is 3. The molecule has 0 aliphatic carbocycles. The van der Waals surface area contributed by atoms with Crippen LogP contribution < -0.4 is 5.32 Å². The highest BCUT2D eigenvalue weighted by atomic mass is 32.2. The monoisotopic (exact) mass is 324 g/mol. The molecule has 0 aromatic rings. The average molecular weight is 324 g/mol. The Bertz CT molecular complexity index is 666. The first-order valence-corrected chi connectivity index (χ1v) is 9.06. The molecule has 0 bridgehead atoms. The van der Waals surface area contributed by atoms with Gasteiger partial charge in [0.05, 0.1) is 11.3 Å². The van der Waals surface area contributed by atoms with Crippen LogP contribution >= 0.6 is 0 Å². The van der Waals surface area contributed by atoms with E-state index in [2.05, 4.69) is 9.71 Å². The van der Waals surface area contributed by atoms with Gasteiger partial charge in [0.25, 0.3) is 15.9 Å². The zero-order valence-corrected chi connectivity index (χ0v) is 13.3. The molecule has 1 atom stereocenters. The molecule has 1 fully saturated rings. The molecule has 1 unspecified atom stereocenters. The highest BCUT2D eigenvalue weighted by Crippen LogP contribution is 2.21. The molecule has 22 heavy (non-hydrogen) atoms. The van der Waals surface area contributed by atoms with Crippen molar-refractivity contribution in [3.05, 3.63) is 23.9 Å². The Balaban J connectivity index is 1.86. The maximum Gasteiger partial charge on any atom is 0.257 e. The number of hydrogen-bond donors (Lipinski definition) is 1. The van der Waals surface area contributed by atoms with Crippen LogP contribution in [-0.2, 0) is 14.8 Å². The predicted molar refractivity (Wildman–Crippen MR) is 83.8 cm³/mol. The van der Waals surface area contributed by atoms with Crippen molar-refractivity contribution in [1.82, 2.24) is 15.1 Å². The third-order valence-electron chi connectivity index (χ3n) is 4.20. The topological polar surface area (TPSA) is 82.1 Å². The lowest BCUT2D eigenvalue weighted by Gasteiger charge is -2.35. The molecule has 1 N–H and O–H groups in total. The van der Waals surface area contributed by atoms with Crippen LogP contribution in [0.1, 0.15) is 12.8 Å². The van der Waals surface area contributed by atoms with E-state index in [4.69, 9.17) is 0 Å². The molecule has 120 valence electrons. The van der Waals surface area contributed by atoms with Gasteiger partial charge in [0.1, 0.15) is 0 Å². The van der Waals surface area contributed by atoms with E-state index in [0.29, 0.717) is 25.2 Å². The molecule has 3 aliphatic rings. The van der Waals surface area contributed by atoms with E-state index in [0.717, 1.165) is 12.8 Å². The van der Waals surface area contributed by atoms with Crippen molar-refractivity contribution in [2.24, 2.45) is 4.40 Å². The van der Waals surface area contributed by atoms with Gasteiger partial charge in [-0.15, -0.1) is 4.40 Å². The van der Waals surface area contributed by atoms with E-state index < -0.39 is 10.0 Å². The number of amides is 1. The number of nitrogens with one attached hydrogen (secondary N) is 1. The summed E-state index contributed by atoms with van der Waals surface area (Å²) < 4.78 is 27.3. The van der Waals surface area contributed by atoms with E-state index in [9.17, 15) is 13.2 Å². The smallest absolute Gasteiger partial charge is 0.257 e. The SMILES string of the molecule is CNC1CCCN(C(=O)C2=CC=CN3CCS(=O)(=O)N=C23)C1. The van der Waals surface area contributed by atoms with Crippen LogP contribution in [0.2, 0.25) is 0 Å². The summed E-state index contributed by atoms with van der Waals surface area (Å²) in [5.74, 6) is 0.0869. The number of rotatable bonds is 2. The molecular formula is C14H20N4O3S. The zero-order chi connectivity index (χ0) is 15.7. The third-order valence-corrected chi connectivity index (χ3v) is 5.35. The summed E-state index contributed by atoms with van der Waals surface area (Å²) in [7, 11) is -1.59. The largest absolute Gasteiger partial charge is 0.337 e. The normalized spacial score (nSPS) is 27.0. The van der Waals surface area contributed by atoms with Crippen molar-refractivity contribution >= 4 is 21.8 Å². The van der Waals surface area contributed by atoms with Crippen LogP contribution in [0, 0.1) is 0 Å². The second kappa shape index (κ2) is 5.85. The summed E-state index contributed by atoms with van der Waals surface area (Å²) in [5, 5.41) is 3.20. The van der Waals surface area contributed by atoms with Crippen molar-refractivity contribution in [1.29, 1.82) is 0 Å². The van der Waals surface area contributed by atoms with Crippen molar-refractivity contribution in [2.75, 3.05) is 32.4 Å². The standard InChI is InChI=1S/C14H20N4O3S/c1-15-11-4-2-7-18(10-11)14(19)12-5-3-6-17-8-9-22(20,21)16-13(12)17/h3,5-6,11,15H,2,4,7-10H2,1H3. The molecule has 1 amide bonds. The Kier molecular flexibility index (Phi) is 4.05.